The largest absolute Gasteiger partial charge is 0.495 e. The number of halogens is 1. The van der Waals surface area contributed by atoms with Gasteiger partial charge < -0.3 is 14.7 Å². The van der Waals surface area contributed by atoms with Gasteiger partial charge in [-0.3, -0.25) is 9.59 Å². The topological polar surface area (TPSA) is 66.8 Å². The summed E-state index contributed by atoms with van der Waals surface area (Å²) < 4.78 is 5.08. The molecule has 1 N–H and O–H groups in total. The van der Waals surface area contributed by atoms with E-state index in [0.717, 1.165) is 5.56 Å². The summed E-state index contributed by atoms with van der Waals surface area (Å²) in [5.74, 6) is -1.33. The molecule has 2 atom stereocenters. The fourth-order valence-corrected chi connectivity index (χ4v) is 2.93. The second-order valence-electron chi connectivity index (χ2n) is 4.67. The van der Waals surface area contributed by atoms with Crippen LogP contribution in [0.1, 0.15) is 24.9 Å². The Balaban J connectivity index is 2.43. The Morgan fingerprint density at radius 3 is 2.75 bits per heavy atom. The Hall–Kier alpha value is -1.75. The molecule has 108 valence electrons. The molecule has 0 aromatic heterocycles. The summed E-state index contributed by atoms with van der Waals surface area (Å²) in [6.45, 7) is 2.30. The zero-order valence-electron chi connectivity index (χ0n) is 11.3. The Morgan fingerprint density at radius 2 is 2.25 bits per heavy atom. The summed E-state index contributed by atoms with van der Waals surface area (Å²) in [7, 11) is 1.51. The number of benzene rings is 1. The molecule has 1 aliphatic rings. The number of hydrogen-bond acceptors (Lipinski definition) is 3. The molecule has 1 saturated heterocycles. The van der Waals surface area contributed by atoms with Gasteiger partial charge in [0.2, 0.25) is 5.91 Å². The molecule has 0 spiro atoms. The van der Waals surface area contributed by atoms with E-state index < -0.39 is 17.9 Å². The Morgan fingerprint density at radius 1 is 1.55 bits per heavy atom. The average Bonchev–Trinajstić information content (AvgIpc) is 2.75. The van der Waals surface area contributed by atoms with Gasteiger partial charge in [-0.1, -0.05) is 17.7 Å². The lowest BCUT2D eigenvalue weighted by Crippen LogP contribution is -2.30. The van der Waals surface area contributed by atoms with E-state index in [1.807, 2.05) is 6.92 Å². The van der Waals surface area contributed by atoms with Crippen molar-refractivity contribution in [1.82, 2.24) is 4.90 Å². The summed E-state index contributed by atoms with van der Waals surface area (Å²) in [5, 5.41) is 9.72. The first-order chi connectivity index (χ1) is 9.49. The van der Waals surface area contributed by atoms with E-state index in [4.69, 9.17) is 16.3 Å². The van der Waals surface area contributed by atoms with E-state index in [1.54, 1.807) is 23.1 Å². The molecular formula is C14H16ClNO4. The Labute approximate surface area is 122 Å². The Kier molecular flexibility index (Phi) is 4.18. The van der Waals surface area contributed by atoms with Crippen LogP contribution < -0.4 is 4.74 Å². The van der Waals surface area contributed by atoms with Gasteiger partial charge in [-0.05, 0) is 24.6 Å². The highest BCUT2D eigenvalue weighted by molar-refractivity contribution is 6.32. The van der Waals surface area contributed by atoms with Crippen LogP contribution in [0, 0.1) is 5.92 Å². The van der Waals surface area contributed by atoms with Crippen molar-refractivity contribution in [1.29, 1.82) is 0 Å². The molecule has 1 fully saturated rings. The lowest BCUT2D eigenvalue weighted by atomic mass is 9.93. The molecule has 0 saturated carbocycles. The molecule has 0 radical (unpaired) electrons. The second kappa shape index (κ2) is 5.71. The number of carbonyl (C=O) groups excluding carboxylic acids is 1. The molecule has 1 amide bonds. The van der Waals surface area contributed by atoms with Crippen molar-refractivity contribution in [2.75, 3.05) is 13.7 Å². The third-order valence-corrected chi connectivity index (χ3v) is 3.90. The van der Waals surface area contributed by atoms with Crippen molar-refractivity contribution < 1.29 is 19.4 Å². The predicted octanol–water partition coefficient (Wildman–Crippen LogP) is 2.34. The lowest BCUT2D eigenvalue weighted by Gasteiger charge is -2.26. The molecule has 0 aliphatic carbocycles. The first-order valence-electron chi connectivity index (χ1n) is 6.35. The minimum atomic E-state index is -0.966. The maximum Gasteiger partial charge on any atom is 0.309 e. The molecule has 2 rings (SSSR count). The number of rotatable bonds is 4. The zero-order chi connectivity index (χ0) is 14.9. The number of carbonyl (C=O) groups is 2. The lowest BCUT2D eigenvalue weighted by molar-refractivity contribution is -0.142. The predicted molar refractivity (Wildman–Crippen MR) is 73.9 cm³/mol. The van der Waals surface area contributed by atoms with Gasteiger partial charge in [0.25, 0.3) is 0 Å². The van der Waals surface area contributed by atoms with Gasteiger partial charge in [-0.2, -0.15) is 0 Å². The summed E-state index contributed by atoms with van der Waals surface area (Å²) in [6.07, 6.45) is 0.0253. The molecule has 1 aromatic carbocycles. The maximum absolute atomic E-state index is 11.9. The number of aliphatic carboxylic acids is 1. The first-order valence-corrected chi connectivity index (χ1v) is 6.73. The van der Waals surface area contributed by atoms with Crippen LogP contribution in [0.4, 0.5) is 0 Å². The van der Waals surface area contributed by atoms with Crippen LogP contribution in [0.3, 0.4) is 0 Å². The zero-order valence-corrected chi connectivity index (χ0v) is 12.1. The highest BCUT2D eigenvalue weighted by Crippen LogP contribution is 2.40. The van der Waals surface area contributed by atoms with Crippen molar-refractivity contribution in [2.45, 2.75) is 19.4 Å². The standard InChI is InChI=1S/C14H16ClNO4/c1-3-16-12(17)7-9(14(18)19)13(16)8-4-5-11(20-2)10(15)6-8/h4-6,9,13H,3,7H2,1-2H3,(H,18,19). The smallest absolute Gasteiger partial charge is 0.309 e. The Bertz CT molecular complexity index is 546. The number of carboxylic acids is 1. The summed E-state index contributed by atoms with van der Waals surface area (Å²) in [5.41, 5.74) is 0.718. The van der Waals surface area contributed by atoms with Gasteiger partial charge >= 0.3 is 5.97 Å². The van der Waals surface area contributed by atoms with Gasteiger partial charge in [-0.25, -0.2) is 0 Å². The van der Waals surface area contributed by atoms with Crippen LogP contribution >= 0.6 is 11.6 Å². The summed E-state index contributed by atoms with van der Waals surface area (Å²) in [4.78, 5) is 24.9. The van der Waals surface area contributed by atoms with Crippen molar-refractivity contribution in [2.24, 2.45) is 5.92 Å². The number of nitrogens with zero attached hydrogens (tertiary/aromatic N) is 1. The number of amides is 1. The maximum atomic E-state index is 11.9. The van der Waals surface area contributed by atoms with E-state index in [2.05, 4.69) is 0 Å². The minimum absolute atomic E-state index is 0.0253. The van der Waals surface area contributed by atoms with Crippen LogP contribution in [-0.2, 0) is 9.59 Å². The summed E-state index contributed by atoms with van der Waals surface area (Å²) in [6, 6.07) is 4.63. The number of ether oxygens (including phenoxy) is 1. The van der Waals surface area contributed by atoms with Gasteiger partial charge in [-0.15, -0.1) is 0 Å². The van der Waals surface area contributed by atoms with Crippen LogP contribution in [0.25, 0.3) is 0 Å². The van der Waals surface area contributed by atoms with Crippen LogP contribution in [-0.4, -0.2) is 35.5 Å². The fourth-order valence-electron chi connectivity index (χ4n) is 2.66. The highest BCUT2D eigenvalue weighted by Gasteiger charge is 2.44. The molecule has 1 heterocycles. The first kappa shape index (κ1) is 14.7. The molecule has 2 unspecified atom stereocenters. The quantitative estimate of drug-likeness (QED) is 0.926. The number of hydrogen-bond donors (Lipinski definition) is 1. The highest BCUT2D eigenvalue weighted by atomic mass is 35.5. The summed E-state index contributed by atoms with van der Waals surface area (Å²) >= 11 is 6.09. The molecule has 5 nitrogen and oxygen atoms in total. The monoisotopic (exact) mass is 297 g/mol. The van der Waals surface area contributed by atoms with Gasteiger partial charge in [0, 0.05) is 13.0 Å². The average molecular weight is 298 g/mol. The van der Waals surface area contributed by atoms with Crippen molar-refractivity contribution >= 4 is 23.5 Å². The SMILES string of the molecule is CCN1C(=O)CC(C(=O)O)C1c1ccc(OC)c(Cl)c1. The molecule has 1 aromatic rings. The van der Waals surface area contributed by atoms with E-state index in [-0.39, 0.29) is 12.3 Å². The second-order valence-corrected chi connectivity index (χ2v) is 5.07. The van der Waals surface area contributed by atoms with Gasteiger partial charge in [0.1, 0.15) is 5.75 Å². The van der Waals surface area contributed by atoms with E-state index in [0.29, 0.717) is 17.3 Å². The fraction of sp³-hybridized carbons (Fsp3) is 0.429. The number of carboxylic acid groups (broad SMARTS) is 1. The van der Waals surface area contributed by atoms with E-state index in [1.165, 1.54) is 7.11 Å². The molecular weight excluding hydrogens is 282 g/mol. The van der Waals surface area contributed by atoms with Gasteiger partial charge in [0.15, 0.2) is 0 Å². The van der Waals surface area contributed by atoms with Crippen molar-refractivity contribution in [3.8, 4) is 5.75 Å². The number of likely N-dealkylation sites (tertiary alicyclic amines) is 1. The van der Waals surface area contributed by atoms with Crippen LogP contribution in [0.15, 0.2) is 18.2 Å². The van der Waals surface area contributed by atoms with Crippen molar-refractivity contribution in [3.05, 3.63) is 28.8 Å². The third kappa shape index (κ3) is 2.45. The van der Waals surface area contributed by atoms with Crippen LogP contribution in [0.2, 0.25) is 5.02 Å². The van der Waals surface area contributed by atoms with E-state index >= 15 is 0 Å². The number of methoxy groups -OCH3 is 1. The van der Waals surface area contributed by atoms with Crippen LogP contribution in [0.5, 0.6) is 5.75 Å². The molecule has 6 heteroatoms. The molecule has 20 heavy (non-hydrogen) atoms. The van der Waals surface area contributed by atoms with Gasteiger partial charge in [0.05, 0.1) is 24.1 Å². The molecule has 0 bridgehead atoms. The minimum Gasteiger partial charge on any atom is -0.495 e. The molecule has 1 aliphatic heterocycles. The van der Waals surface area contributed by atoms with Crippen molar-refractivity contribution in [3.63, 3.8) is 0 Å². The normalized spacial score (nSPS) is 22.1. The third-order valence-electron chi connectivity index (χ3n) is 3.61. The van der Waals surface area contributed by atoms with E-state index in [9.17, 15) is 14.7 Å².